The van der Waals surface area contributed by atoms with Gasteiger partial charge in [-0.1, -0.05) is 0 Å². The quantitative estimate of drug-likeness (QED) is 0.689. The molecule has 5 heteroatoms. The van der Waals surface area contributed by atoms with Crippen LogP contribution in [0.25, 0.3) is 0 Å². The van der Waals surface area contributed by atoms with Gasteiger partial charge in [-0.2, -0.15) is 0 Å². The van der Waals surface area contributed by atoms with E-state index in [0.717, 1.165) is 25.8 Å². The highest BCUT2D eigenvalue weighted by molar-refractivity contribution is 5.64. The van der Waals surface area contributed by atoms with Crippen molar-refractivity contribution in [2.75, 3.05) is 19.6 Å². The molecule has 17 heavy (non-hydrogen) atoms. The average molecular weight is 246 g/mol. The van der Waals surface area contributed by atoms with Gasteiger partial charge in [-0.25, -0.2) is 4.79 Å². The van der Waals surface area contributed by atoms with E-state index in [0.29, 0.717) is 19.0 Å². The first-order valence-electron chi connectivity index (χ1n) is 6.14. The van der Waals surface area contributed by atoms with Crippen molar-refractivity contribution < 1.29 is 15.0 Å². The first-order chi connectivity index (χ1) is 7.74. The summed E-state index contributed by atoms with van der Waals surface area (Å²) in [6.45, 7) is 7.31. The van der Waals surface area contributed by atoms with Gasteiger partial charge in [0, 0.05) is 13.1 Å². The maximum Gasteiger partial charge on any atom is 0.407 e. The molecule has 0 aliphatic carbocycles. The van der Waals surface area contributed by atoms with Gasteiger partial charge in [0.05, 0.1) is 5.60 Å². The van der Waals surface area contributed by atoms with Crippen molar-refractivity contribution in [3.8, 4) is 0 Å². The lowest BCUT2D eigenvalue weighted by Crippen LogP contribution is -2.37. The molecular formula is C12H26N2O3. The second-order valence-corrected chi connectivity index (χ2v) is 5.46. The molecule has 0 aromatic heterocycles. The largest absolute Gasteiger partial charge is 0.465 e. The fourth-order valence-electron chi connectivity index (χ4n) is 1.65. The van der Waals surface area contributed by atoms with Crippen LogP contribution in [0.5, 0.6) is 0 Å². The smallest absolute Gasteiger partial charge is 0.407 e. The van der Waals surface area contributed by atoms with Crippen LogP contribution in [-0.2, 0) is 0 Å². The molecule has 0 radical (unpaired) electrons. The molecule has 0 unspecified atom stereocenters. The summed E-state index contributed by atoms with van der Waals surface area (Å²) in [5.41, 5.74) is 4.92. The fourth-order valence-corrected chi connectivity index (χ4v) is 1.65. The molecule has 1 aliphatic heterocycles. The van der Waals surface area contributed by atoms with Gasteiger partial charge in [0.25, 0.3) is 0 Å². The van der Waals surface area contributed by atoms with E-state index < -0.39 is 11.7 Å². The van der Waals surface area contributed by atoms with Crippen LogP contribution >= 0.6 is 0 Å². The Labute approximate surface area is 104 Å². The van der Waals surface area contributed by atoms with E-state index in [4.69, 9.17) is 15.9 Å². The lowest BCUT2D eigenvalue weighted by atomic mass is 9.94. The Morgan fingerprint density at radius 1 is 1.35 bits per heavy atom. The molecule has 1 fully saturated rings. The summed E-state index contributed by atoms with van der Waals surface area (Å²) in [4.78, 5) is 12.0. The first kappa shape index (κ1) is 16.2. The van der Waals surface area contributed by atoms with Gasteiger partial charge in [0.15, 0.2) is 0 Å². The minimum Gasteiger partial charge on any atom is -0.465 e. The molecular weight excluding hydrogens is 220 g/mol. The van der Waals surface area contributed by atoms with Crippen LogP contribution in [0.3, 0.4) is 0 Å². The third-order valence-corrected chi connectivity index (χ3v) is 2.46. The topological polar surface area (TPSA) is 86.8 Å². The van der Waals surface area contributed by atoms with Crippen molar-refractivity contribution in [2.45, 2.75) is 45.6 Å². The molecule has 0 spiro atoms. The van der Waals surface area contributed by atoms with Gasteiger partial charge in [-0.15, -0.1) is 0 Å². The second-order valence-electron chi connectivity index (χ2n) is 5.46. The molecule has 0 saturated carbocycles. The number of amides is 1. The molecule has 1 aliphatic rings. The number of hydrogen-bond acceptors (Lipinski definition) is 3. The summed E-state index contributed by atoms with van der Waals surface area (Å²) in [6.07, 6.45) is 2.20. The Kier molecular flexibility index (Phi) is 7.15. The van der Waals surface area contributed by atoms with Crippen molar-refractivity contribution >= 4 is 6.09 Å². The van der Waals surface area contributed by atoms with Crippen LogP contribution in [0.1, 0.15) is 40.0 Å². The number of hydrogen-bond donors (Lipinski definition) is 3. The van der Waals surface area contributed by atoms with E-state index in [2.05, 4.69) is 0 Å². The highest BCUT2D eigenvalue weighted by atomic mass is 16.4. The number of nitrogens with two attached hydrogens (primary N) is 1. The van der Waals surface area contributed by atoms with Gasteiger partial charge < -0.3 is 20.8 Å². The average Bonchev–Trinajstić information content (AvgIpc) is 2.16. The summed E-state index contributed by atoms with van der Waals surface area (Å²) in [5.74, 6) is 0.644. The molecule has 1 rings (SSSR count). The normalized spacial score (nSPS) is 17.4. The minimum absolute atomic E-state index is 0.500. The number of nitrogens with zero attached hydrogens (tertiary/aromatic N) is 1. The summed E-state index contributed by atoms with van der Waals surface area (Å²) in [7, 11) is 0. The van der Waals surface area contributed by atoms with Crippen molar-refractivity contribution in [3.05, 3.63) is 0 Å². The summed E-state index contributed by atoms with van der Waals surface area (Å²) in [5, 5.41) is 17.2. The lowest BCUT2D eigenvalue weighted by Gasteiger charge is -2.29. The highest BCUT2D eigenvalue weighted by Crippen LogP contribution is 2.19. The molecule has 1 saturated heterocycles. The van der Waals surface area contributed by atoms with Crippen molar-refractivity contribution in [1.29, 1.82) is 0 Å². The number of carbonyl (C=O) groups is 1. The number of likely N-dealkylation sites (tertiary alicyclic amines) is 1. The Bertz CT molecular complexity index is 212. The predicted molar refractivity (Wildman–Crippen MR) is 68.0 cm³/mol. The monoisotopic (exact) mass is 246 g/mol. The van der Waals surface area contributed by atoms with Gasteiger partial charge in [0.2, 0.25) is 0 Å². The molecule has 0 aromatic rings. The van der Waals surface area contributed by atoms with Crippen LogP contribution in [0.4, 0.5) is 4.79 Å². The van der Waals surface area contributed by atoms with E-state index in [1.807, 2.05) is 0 Å². The van der Waals surface area contributed by atoms with Gasteiger partial charge in [0.1, 0.15) is 0 Å². The molecule has 1 amide bonds. The predicted octanol–water partition coefficient (Wildman–Crippen LogP) is 1.50. The van der Waals surface area contributed by atoms with Gasteiger partial charge in [-0.3, -0.25) is 0 Å². The van der Waals surface area contributed by atoms with E-state index in [9.17, 15) is 4.79 Å². The maximum absolute atomic E-state index is 10.5. The van der Waals surface area contributed by atoms with Crippen LogP contribution < -0.4 is 5.73 Å². The Morgan fingerprint density at radius 2 is 1.76 bits per heavy atom. The third-order valence-electron chi connectivity index (χ3n) is 2.46. The zero-order valence-corrected chi connectivity index (χ0v) is 11.1. The number of rotatable bonds is 2. The third kappa shape index (κ3) is 10.1. The Morgan fingerprint density at radius 3 is 2.06 bits per heavy atom. The standard InChI is InChI=1S/C8H16N2O2.C4H10O/c9-4-1-7-2-5-10(6-3-7)8(11)12;1-4(2,3)5/h7H,1-6,9H2,(H,11,12);5H,1-3H3. The zero-order valence-electron chi connectivity index (χ0n) is 11.1. The second kappa shape index (κ2) is 7.50. The molecule has 0 aromatic carbocycles. The summed E-state index contributed by atoms with van der Waals surface area (Å²) < 4.78 is 0. The molecule has 0 bridgehead atoms. The summed E-state index contributed by atoms with van der Waals surface area (Å²) in [6, 6.07) is 0. The lowest BCUT2D eigenvalue weighted by molar-refractivity contribution is 0.102. The molecule has 5 nitrogen and oxygen atoms in total. The van der Waals surface area contributed by atoms with Crippen LogP contribution in [-0.4, -0.2) is 46.4 Å². The molecule has 102 valence electrons. The fraction of sp³-hybridized carbons (Fsp3) is 0.917. The van der Waals surface area contributed by atoms with E-state index >= 15 is 0 Å². The first-order valence-corrected chi connectivity index (χ1v) is 6.14. The minimum atomic E-state index is -0.791. The van der Waals surface area contributed by atoms with E-state index in [-0.39, 0.29) is 0 Å². The van der Waals surface area contributed by atoms with Crippen LogP contribution in [0.15, 0.2) is 0 Å². The van der Waals surface area contributed by atoms with Crippen LogP contribution in [0.2, 0.25) is 0 Å². The Balaban J connectivity index is 0.000000437. The zero-order chi connectivity index (χ0) is 13.5. The van der Waals surface area contributed by atoms with Crippen LogP contribution in [0, 0.1) is 5.92 Å². The Hall–Kier alpha value is -0.810. The molecule has 0 atom stereocenters. The summed E-state index contributed by atoms with van der Waals surface area (Å²) >= 11 is 0. The number of carboxylic acid groups (broad SMARTS) is 1. The van der Waals surface area contributed by atoms with Crippen molar-refractivity contribution in [3.63, 3.8) is 0 Å². The highest BCUT2D eigenvalue weighted by Gasteiger charge is 2.21. The molecule has 4 N–H and O–H groups in total. The van der Waals surface area contributed by atoms with Gasteiger partial charge in [-0.05, 0) is 52.5 Å². The van der Waals surface area contributed by atoms with Gasteiger partial charge >= 0.3 is 6.09 Å². The van der Waals surface area contributed by atoms with E-state index in [1.165, 1.54) is 4.90 Å². The number of aliphatic hydroxyl groups is 1. The maximum atomic E-state index is 10.5. The van der Waals surface area contributed by atoms with Crippen molar-refractivity contribution in [2.24, 2.45) is 11.7 Å². The SMILES string of the molecule is CC(C)(C)O.NCCC1CCN(C(=O)O)CC1. The van der Waals surface area contributed by atoms with E-state index in [1.54, 1.807) is 20.8 Å². The molecule has 1 heterocycles. The number of piperidine rings is 1. The van der Waals surface area contributed by atoms with Crippen molar-refractivity contribution in [1.82, 2.24) is 4.90 Å².